The van der Waals surface area contributed by atoms with E-state index in [-0.39, 0.29) is 0 Å². The van der Waals surface area contributed by atoms with Gasteiger partial charge < -0.3 is 9.26 Å². The van der Waals surface area contributed by atoms with E-state index in [0.717, 1.165) is 25.1 Å². The lowest BCUT2D eigenvalue weighted by molar-refractivity contribution is 0.414. The van der Waals surface area contributed by atoms with Crippen molar-refractivity contribution in [2.75, 3.05) is 7.11 Å². The van der Waals surface area contributed by atoms with E-state index in [0.29, 0.717) is 17.5 Å². The molecule has 3 heterocycles. The van der Waals surface area contributed by atoms with Gasteiger partial charge in [0.25, 0.3) is 5.89 Å². The second-order valence-electron chi connectivity index (χ2n) is 5.25. The van der Waals surface area contributed by atoms with Crippen molar-refractivity contribution in [3.05, 3.63) is 53.2 Å². The molecule has 0 fully saturated rings. The molecule has 1 aromatic carbocycles. The minimum atomic E-state index is 0.564. The fraction of sp³-hybridized carbons (Fsp3) is 0.176. The van der Waals surface area contributed by atoms with Crippen molar-refractivity contribution >= 4 is 46.2 Å². The molecular weight excluding hydrogens is 420 g/mol. The van der Waals surface area contributed by atoms with Crippen LogP contribution in [0.15, 0.2) is 55.0 Å². The average molecular weight is 435 g/mol. The highest BCUT2D eigenvalue weighted by Crippen LogP contribution is 2.32. The summed E-state index contributed by atoms with van der Waals surface area (Å²) in [6.07, 6.45) is 0. The molecule has 0 atom stereocenters. The van der Waals surface area contributed by atoms with Crippen LogP contribution < -0.4 is 4.74 Å². The molecular formula is C17H14N4O2S4. The Morgan fingerprint density at radius 1 is 1.04 bits per heavy atom. The lowest BCUT2D eigenvalue weighted by atomic mass is 10.2. The molecule has 138 valence electrons. The standard InChI is InChI=1S/C17H14N4O2S4/c1-22-12-6-4-11(5-7-12)9-25-16-19-20-17(27-16)26-10-14-18-15(23-21-14)13-3-2-8-24-13/h2-8H,9-10H2,1H3. The maximum absolute atomic E-state index is 5.30. The minimum Gasteiger partial charge on any atom is -0.497 e. The molecule has 0 aliphatic heterocycles. The van der Waals surface area contributed by atoms with Gasteiger partial charge in [-0.2, -0.15) is 4.98 Å². The maximum atomic E-state index is 5.30. The van der Waals surface area contributed by atoms with E-state index in [4.69, 9.17) is 9.26 Å². The SMILES string of the molecule is COc1ccc(CSc2nnc(SCc3noc(-c4cccs4)n3)s2)cc1. The first kappa shape index (κ1) is 18.5. The van der Waals surface area contributed by atoms with E-state index in [1.54, 1.807) is 53.3 Å². The molecule has 0 spiro atoms. The molecule has 0 saturated heterocycles. The zero-order valence-electron chi connectivity index (χ0n) is 14.2. The van der Waals surface area contributed by atoms with E-state index < -0.39 is 0 Å². The monoisotopic (exact) mass is 434 g/mol. The zero-order valence-corrected chi connectivity index (χ0v) is 17.5. The van der Waals surface area contributed by atoms with Crippen LogP contribution in [0, 0.1) is 0 Å². The molecule has 6 nitrogen and oxygen atoms in total. The number of methoxy groups -OCH3 is 1. The molecule has 0 N–H and O–H groups in total. The van der Waals surface area contributed by atoms with Crippen LogP contribution in [0.4, 0.5) is 0 Å². The fourth-order valence-corrected chi connectivity index (χ4v) is 5.58. The van der Waals surface area contributed by atoms with Crippen molar-refractivity contribution in [2.45, 2.75) is 20.2 Å². The van der Waals surface area contributed by atoms with Crippen molar-refractivity contribution < 1.29 is 9.26 Å². The normalized spacial score (nSPS) is 11.0. The highest BCUT2D eigenvalue weighted by molar-refractivity contribution is 8.02. The number of nitrogens with zero attached hydrogens (tertiary/aromatic N) is 4. The summed E-state index contributed by atoms with van der Waals surface area (Å²) >= 11 is 6.40. The van der Waals surface area contributed by atoms with Crippen molar-refractivity contribution in [3.63, 3.8) is 0 Å². The van der Waals surface area contributed by atoms with Crippen LogP contribution in [-0.2, 0) is 11.5 Å². The number of benzene rings is 1. The summed E-state index contributed by atoms with van der Waals surface area (Å²) in [6.45, 7) is 0. The molecule has 10 heteroatoms. The number of rotatable bonds is 8. The van der Waals surface area contributed by atoms with Gasteiger partial charge in [0.05, 0.1) is 17.7 Å². The minimum absolute atomic E-state index is 0.564. The first-order chi connectivity index (χ1) is 13.3. The number of hydrogen-bond donors (Lipinski definition) is 0. The quantitative estimate of drug-likeness (QED) is 0.348. The average Bonchev–Trinajstić information content (AvgIpc) is 3.46. The van der Waals surface area contributed by atoms with Crippen LogP contribution in [0.2, 0.25) is 0 Å². The first-order valence-corrected chi connectivity index (χ1v) is 11.6. The van der Waals surface area contributed by atoms with E-state index in [9.17, 15) is 0 Å². The maximum Gasteiger partial charge on any atom is 0.268 e. The second-order valence-corrected chi connectivity index (χ2v) is 9.62. The predicted molar refractivity (Wildman–Crippen MR) is 110 cm³/mol. The number of hydrogen-bond acceptors (Lipinski definition) is 10. The van der Waals surface area contributed by atoms with Gasteiger partial charge in [-0.1, -0.05) is 58.2 Å². The Bertz CT molecular complexity index is 983. The van der Waals surface area contributed by atoms with Crippen molar-refractivity contribution in [1.29, 1.82) is 0 Å². The lowest BCUT2D eigenvalue weighted by Gasteiger charge is -2.01. The van der Waals surface area contributed by atoms with Gasteiger partial charge >= 0.3 is 0 Å². The summed E-state index contributed by atoms with van der Waals surface area (Å²) in [5.74, 6) is 3.53. The van der Waals surface area contributed by atoms with Gasteiger partial charge in [0, 0.05) is 5.75 Å². The Morgan fingerprint density at radius 2 is 1.81 bits per heavy atom. The summed E-state index contributed by atoms with van der Waals surface area (Å²) in [6, 6.07) is 12.0. The molecule has 27 heavy (non-hydrogen) atoms. The highest BCUT2D eigenvalue weighted by atomic mass is 32.2. The number of thiophene rings is 1. The van der Waals surface area contributed by atoms with Crippen LogP contribution in [0.1, 0.15) is 11.4 Å². The molecule has 4 rings (SSSR count). The van der Waals surface area contributed by atoms with E-state index in [1.807, 2.05) is 29.6 Å². The first-order valence-electron chi connectivity index (χ1n) is 7.88. The van der Waals surface area contributed by atoms with Gasteiger partial charge in [0.15, 0.2) is 14.5 Å². The highest BCUT2D eigenvalue weighted by Gasteiger charge is 2.12. The zero-order chi connectivity index (χ0) is 18.5. The third-order valence-corrected chi connectivity index (χ3v) is 7.55. The number of thioether (sulfide) groups is 2. The Hall–Kier alpha value is -1.88. The van der Waals surface area contributed by atoms with E-state index >= 15 is 0 Å². The third-order valence-electron chi connectivity index (χ3n) is 3.43. The van der Waals surface area contributed by atoms with Crippen LogP contribution in [0.5, 0.6) is 5.75 Å². The Kier molecular flexibility index (Phi) is 6.07. The van der Waals surface area contributed by atoms with Crippen LogP contribution in [0.25, 0.3) is 10.8 Å². The van der Waals surface area contributed by atoms with E-state index in [1.165, 1.54) is 5.56 Å². The summed E-state index contributed by atoms with van der Waals surface area (Å²) in [4.78, 5) is 5.40. The Labute approximate surface area is 172 Å². The largest absolute Gasteiger partial charge is 0.497 e. The summed E-state index contributed by atoms with van der Waals surface area (Å²) in [5.41, 5.74) is 1.22. The topological polar surface area (TPSA) is 73.9 Å². The lowest BCUT2D eigenvalue weighted by Crippen LogP contribution is -1.84. The number of aromatic nitrogens is 4. The molecule has 0 saturated carbocycles. The van der Waals surface area contributed by atoms with E-state index in [2.05, 4.69) is 32.5 Å². The van der Waals surface area contributed by atoms with Crippen LogP contribution in [0.3, 0.4) is 0 Å². The van der Waals surface area contributed by atoms with Gasteiger partial charge in [-0.3, -0.25) is 0 Å². The van der Waals surface area contributed by atoms with Crippen molar-refractivity contribution in [1.82, 2.24) is 20.3 Å². The summed E-state index contributed by atoms with van der Waals surface area (Å²) in [5, 5.41) is 14.5. The molecule has 4 aromatic rings. The fourth-order valence-electron chi connectivity index (χ4n) is 2.12. The molecule has 0 aliphatic rings. The van der Waals surface area contributed by atoms with Gasteiger partial charge in [0.2, 0.25) is 0 Å². The van der Waals surface area contributed by atoms with Gasteiger partial charge in [-0.25, -0.2) is 0 Å². The van der Waals surface area contributed by atoms with Crippen molar-refractivity contribution in [3.8, 4) is 16.5 Å². The summed E-state index contributed by atoms with van der Waals surface area (Å²) < 4.78 is 12.3. The molecule has 0 unspecified atom stereocenters. The molecule has 0 aliphatic carbocycles. The second kappa shape index (κ2) is 8.87. The molecule has 0 bridgehead atoms. The third kappa shape index (κ3) is 4.89. The van der Waals surface area contributed by atoms with Crippen molar-refractivity contribution in [2.24, 2.45) is 0 Å². The van der Waals surface area contributed by atoms with Gasteiger partial charge in [-0.15, -0.1) is 21.5 Å². The van der Waals surface area contributed by atoms with Crippen LogP contribution in [-0.4, -0.2) is 27.4 Å². The Morgan fingerprint density at radius 3 is 2.52 bits per heavy atom. The Balaban J connectivity index is 1.29. The van der Waals surface area contributed by atoms with Gasteiger partial charge in [0.1, 0.15) is 5.75 Å². The molecule has 0 amide bonds. The number of ether oxygens (including phenoxy) is 1. The van der Waals surface area contributed by atoms with Gasteiger partial charge in [-0.05, 0) is 29.1 Å². The smallest absolute Gasteiger partial charge is 0.268 e. The predicted octanol–water partition coefficient (Wildman–Crippen LogP) is 5.24. The molecule has 3 aromatic heterocycles. The summed E-state index contributed by atoms with van der Waals surface area (Å²) in [7, 11) is 1.67. The molecule has 0 radical (unpaired) electrons. The van der Waals surface area contributed by atoms with Crippen LogP contribution >= 0.6 is 46.2 Å².